The molecule has 0 radical (unpaired) electrons. The number of fused-ring (bicyclic) bond motifs is 1. The van der Waals surface area contributed by atoms with Gasteiger partial charge in [0.15, 0.2) is 0 Å². The van der Waals surface area contributed by atoms with Gasteiger partial charge in [-0.15, -0.1) is 0 Å². The van der Waals surface area contributed by atoms with Crippen LogP contribution in [0.1, 0.15) is 17.2 Å². The lowest BCUT2D eigenvalue weighted by molar-refractivity contribution is 0.165. The standard InChI is InChI=1S/C16H15N5O/c22-14-10-11-6-4-5-9-13(11)15(14)17-16-18-19-20-21(16)12-7-2-1-3-8-12/h1-9,14-15,22H,10H2,(H,17,18,20)/t14-,15+/m1/s1. The predicted octanol–water partition coefficient (Wildman–Crippen LogP) is 1.73. The molecule has 3 aromatic rings. The maximum Gasteiger partial charge on any atom is 0.248 e. The van der Waals surface area contributed by atoms with Gasteiger partial charge in [-0.2, -0.15) is 4.68 Å². The molecule has 1 aliphatic rings. The van der Waals surface area contributed by atoms with Crippen LogP contribution >= 0.6 is 0 Å². The summed E-state index contributed by atoms with van der Waals surface area (Å²) in [5.41, 5.74) is 3.12. The Morgan fingerprint density at radius 3 is 2.68 bits per heavy atom. The molecular weight excluding hydrogens is 278 g/mol. The summed E-state index contributed by atoms with van der Waals surface area (Å²) in [5, 5.41) is 25.4. The van der Waals surface area contributed by atoms with Crippen molar-refractivity contribution in [3.8, 4) is 5.69 Å². The molecule has 1 aromatic heterocycles. The Kier molecular flexibility index (Phi) is 3.08. The summed E-state index contributed by atoms with van der Waals surface area (Å²) in [6.07, 6.45) is 0.152. The second-order valence-electron chi connectivity index (χ2n) is 5.34. The lowest BCUT2D eigenvalue weighted by Crippen LogP contribution is -2.23. The van der Waals surface area contributed by atoms with Gasteiger partial charge >= 0.3 is 0 Å². The van der Waals surface area contributed by atoms with Crippen molar-refractivity contribution < 1.29 is 5.11 Å². The first-order chi connectivity index (χ1) is 10.8. The molecular formula is C16H15N5O. The minimum absolute atomic E-state index is 0.204. The van der Waals surface area contributed by atoms with Crippen molar-refractivity contribution in [1.82, 2.24) is 20.2 Å². The van der Waals surface area contributed by atoms with Crippen molar-refractivity contribution in [1.29, 1.82) is 0 Å². The van der Waals surface area contributed by atoms with Gasteiger partial charge in [0.25, 0.3) is 0 Å². The van der Waals surface area contributed by atoms with E-state index in [1.165, 1.54) is 0 Å². The van der Waals surface area contributed by atoms with Crippen LogP contribution in [0.25, 0.3) is 5.69 Å². The van der Waals surface area contributed by atoms with Crippen LogP contribution in [0.5, 0.6) is 0 Å². The molecule has 110 valence electrons. The van der Waals surface area contributed by atoms with Crippen molar-refractivity contribution in [3.63, 3.8) is 0 Å². The Hall–Kier alpha value is -2.73. The molecule has 0 aliphatic heterocycles. The molecule has 6 heteroatoms. The second-order valence-corrected chi connectivity index (χ2v) is 5.34. The summed E-state index contributed by atoms with van der Waals surface area (Å²) in [6.45, 7) is 0. The van der Waals surface area contributed by atoms with Crippen molar-refractivity contribution in [2.75, 3.05) is 5.32 Å². The molecule has 0 bridgehead atoms. The summed E-state index contributed by atoms with van der Waals surface area (Å²) in [6, 6.07) is 17.5. The summed E-state index contributed by atoms with van der Waals surface area (Å²) in [5.74, 6) is 0.520. The van der Waals surface area contributed by atoms with E-state index in [9.17, 15) is 5.11 Å². The van der Waals surface area contributed by atoms with Crippen LogP contribution in [0.2, 0.25) is 0 Å². The van der Waals surface area contributed by atoms with Crippen molar-refractivity contribution >= 4 is 5.95 Å². The fraction of sp³-hybridized carbons (Fsp3) is 0.188. The van der Waals surface area contributed by atoms with E-state index < -0.39 is 6.10 Å². The Morgan fingerprint density at radius 2 is 1.82 bits per heavy atom. The average molecular weight is 293 g/mol. The maximum atomic E-state index is 10.3. The lowest BCUT2D eigenvalue weighted by Gasteiger charge is -2.18. The summed E-state index contributed by atoms with van der Waals surface area (Å²) >= 11 is 0. The van der Waals surface area contributed by atoms with Gasteiger partial charge in [-0.25, -0.2) is 0 Å². The van der Waals surface area contributed by atoms with Gasteiger partial charge in [-0.1, -0.05) is 47.6 Å². The highest BCUT2D eigenvalue weighted by atomic mass is 16.3. The number of tetrazole rings is 1. The first-order valence-electron chi connectivity index (χ1n) is 7.19. The third-order valence-corrected chi connectivity index (χ3v) is 3.96. The first kappa shape index (κ1) is 13.0. The number of para-hydroxylation sites is 1. The molecule has 0 spiro atoms. The van der Waals surface area contributed by atoms with E-state index >= 15 is 0 Å². The smallest absolute Gasteiger partial charge is 0.248 e. The van der Waals surface area contributed by atoms with Crippen LogP contribution < -0.4 is 5.32 Å². The summed E-state index contributed by atoms with van der Waals surface area (Å²) in [7, 11) is 0. The first-order valence-corrected chi connectivity index (χ1v) is 7.19. The van der Waals surface area contributed by atoms with E-state index in [2.05, 4.69) is 20.8 Å². The fourth-order valence-electron chi connectivity index (χ4n) is 2.91. The molecule has 4 rings (SSSR count). The van der Waals surface area contributed by atoms with E-state index in [0.717, 1.165) is 16.8 Å². The normalized spacial score (nSPS) is 19.9. The molecule has 2 atom stereocenters. The molecule has 0 saturated carbocycles. The third-order valence-electron chi connectivity index (χ3n) is 3.96. The van der Waals surface area contributed by atoms with Gasteiger partial charge in [-0.05, 0) is 33.7 Å². The number of hydrogen-bond acceptors (Lipinski definition) is 5. The fourth-order valence-corrected chi connectivity index (χ4v) is 2.91. The molecule has 0 saturated heterocycles. The minimum atomic E-state index is -0.488. The van der Waals surface area contributed by atoms with Crippen LogP contribution in [0, 0.1) is 0 Å². The molecule has 1 heterocycles. The zero-order chi connectivity index (χ0) is 14.9. The van der Waals surface area contributed by atoms with Crippen molar-refractivity contribution in [2.24, 2.45) is 0 Å². The summed E-state index contributed by atoms with van der Waals surface area (Å²) in [4.78, 5) is 0. The highest BCUT2D eigenvalue weighted by molar-refractivity contribution is 5.45. The summed E-state index contributed by atoms with van der Waals surface area (Å²) < 4.78 is 1.63. The largest absolute Gasteiger partial charge is 0.390 e. The SMILES string of the molecule is O[C@@H]1Cc2ccccc2[C@@H]1Nc1nnnn1-c1ccccc1. The number of benzene rings is 2. The Labute approximate surface area is 127 Å². The second kappa shape index (κ2) is 5.23. The number of rotatable bonds is 3. The number of hydrogen-bond donors (Lipinski definition) is 2. The maximum absolute atomic E-state index is 10.3. The molecule has 0 fully saturated rings. The molecule has 6 nitrogen and oxygen atoms in total. The number of aliphatic hydroxyl groups is 1. The van der Waals surface area contributed by atoms with E-state index in [4.69, 9.17) is 0 Å². The van der Waals surface area contributed by atoms with Gasteiger partial charge in [0.2, 0.25) is 5.95 Å². The Morgan fingerprint density at radius 1 is 1.05 bits per heavy atom. The minimum Gasteiger partial charge on any atom is -0.390 e. The van der Waals surface area contributed by atoms with E-state index in [-0.39, 0.29) is 6.04 Å². The average Bonchev–Trinajstić information content (AvgIpc) is 3.14. The highest BCUT2D eigenvalue weighted by Gasteiger charge is 2.31. The highest BCUT2D eigenvalue weighted by Crippen LogP contribution is 2.33. The van der Waals surface area contributed by atoms with Gasteiger partial charge in [0.05, 0.1) is 17.8 Å². The molecule has 2 N–H and O–H groups in total. The zero-order valence-corrected chi connectivity index (χ0v) is 11.8. The number of anilines is 1. The number of nitrogens with one attached hydrogen (secondary N) is 1. The van der Waals surface area contributed by atoms with E-state index in [1.807, 2.05) is 54.6 Å². The van der Waals surface area contributed by atoms with E-state index in [1.54, 1.807) is 4.68 Å². The van der Waals surface area contributed by atoms with Crippen molar-refractivity contribution in [3.05, 3.63) is 65.7 Å². The van der Waals surface area contributed by atoms with Gasteiger partial charge in [-0.3, -0.25) is 0 Å². The number of aliphatic hydroxyl groups excluding tert-OH is 1. The molecule has 1 aliphatic carbocycles. The number of aromatic nitrogens is 4. The van der Waals surface area contributed by atoms with Gasteiger partial charge < -0.3 is 10.4 Å². The molecule has 2 aromatic carbocycles. The van der Waals surface area contributed by atoms with Crippen LogP contribution in [0.15, 0.2) is 54.6 Å². The molecule has 22 heavy (non-hydrogen) atoms. The quantitative estimate of drug-likeness (QED) is 0.769. The topological polar surface area (TPSA) is 75.9 Å². The van der Waals surface area contributed by atoms with Gasteiger partial charge in [0.1, 0.15) is 0 Å². The Bertz CT molecular complexity index is 786. The lowest BCUT2D eigenvalue weighted by atomic mass is 10.1. The van der Waals surface area contributed by atoms with Crippen LogP contribution in [-0.4, -0.2) is 31.4 Å². The molecule has 0 unspecified atom stereocenters. The predicted molar refractivity (Wildman–Crippen MR) is 81.7 cm³/mol. The molecule has 0 amide bonds. The Balaban J connectivity index is 1.67. The van der Waals surface area contributed by atoms with Crippen LogP contribution in [0.3, 0.4) is 0 Å². The van der Waals surface area contributed by atoms with Crippen LogP contribution in [-0.2, 0) is 6.42 Å². The van der Waals surface area contributed by atoms with Crippen LogP contribution in [0.4, 0.5) is 5.95 Å². The van der Waals surface area contributed by atoms with E-state index in [0.29, 0.717) is 12.4 Å². The number of nitrogens with zero attached hydrogens (tertiary/aromatic N) is 4. The van der Waals surface area contributed by atoms with Gasteiger partial charge in [0, 0.05) is 6.42 Å². The third kappa shape index (κ3) is 2.14. The zero-order valence-electron chi connectivity index (χ0n) is 11.8. The monoisotopic (exact) mass is 293 g/mol. The van der Waals surface area contributed by atoms with Crippen molar-refractivity contribution in [2.45, 2.75) is 18.6 Å².